The van der Waals surface area contributed by atoms with Crippen molar-refractivity contribution in [3.63, 3.8) is 0 Å². The van der Waals surface area contributed by atoms with Crippen LogP contribution in [0.1, 0.15) is 33.1 Å². The lowest BCUT2D eigenvalue weighted by molar-refractivity contribution is -0.130. The van der Waals surface area contributed by atoms with Gasteiger partial charge in [0.05, 0.1) is 0 Å². The van der Waals surface area contributed by atoms with Crippen LogP contribution in [-0.4, -0.2) is 23.9 Å². The lowest BCUT2D eigenvalue weighted by Crippen LogP contribution is -2.30. The minimum Gasteiger partial charge on any atom is -0.343 e. The maximum absolute atomic E-state index is 11.4. The van der Waals surface area contributed by atoms with Gasteiger partial charge in [0.1, 0.15) is 0 Å². The number of carbonyl (C=O) groups excluding carboxylic acids is 1. The number of rotatable bonds is 6. The Kier molecular flexibility index (Phi) is 6.44. The van der Waals surface area contributed by atoms with Crippen molar-refractivity contribution < 1.29 is 4.79 Å². The molecule has 0 unspecified atom stereocenters. The third-order valence-corrected chi connectivity index (χ3v) is 1.92. The Morgan fingerprint density at radius 3 is 2.42 bits per heavy atom. The Morgan fingerprint density at radius 2 is 2.00 bits per heavy atom. The Balaban J connectivity index is 3.61. The van der Waals surface area contributed by atoms with Crippen molar-refractivity contribution in [3.05, 3.63) is 12.7 Å². The van der Waals surface area contributed by atoms with Crippen molar-refractivity contribution >= 4 is 5.91 Å². The summed E-state index contributed by atoms with van der Waals surface area (Å²) in [6.45, 7) is 9.28. The molecule has 0 aliphatic heterocycles. The molecule has 0 aromatic carbocycles. The van der Waals surface area contributed by atoms with E-state index in [9.17, 15) is 4.79 Å². The van der Waals surface area contributed by atoms with Gasteiger partial charge in [-0.2, -0.15) is 0 Å². The van der Waals surface area contributed by atoms with E-state index < -0.39 is 0 Å². The number of hydrogen-bond donors (Lipinski definition) is 0. The topological polar surface area (TPSA) is 20.3 Å². The molecule has 0 radical (unpaired) electrons. The molecule has 2 nitrogen and oxygen atoms in total. The first kappa shape index (κ1) is 11.2. The van der Waals surface area contributed by atoms with Crippen molar-refractivity contribution in [2.75, 3.05) is 13.1 Å². The minimum atomic E-state index is 0.266. The molecule has 70 valence electrons. The highest BCUT2D eigenvalue weighted by Gasteiger charge is 2.07. The molecule has 0 aliphatic carbocycles. The summed E-state index contributed by atoms with van der Waals surface area (Å²) in [7, 11) is 0. The molecular weight excluding hydrogens is 150 g/mol. The van der Waals surface area contributed by atoms with E-state index in [1.165, 1.54) is 0 Å². The third-order valence-electron chi connectivity index (χ3n) is 1.92. The van der Waals surface area contributed by atoms with Crippen molar-refractivity contribution in [2.24, 2.45) is 0 Å². The second-order valence-corrected chi connectivity index (χ2v) is 2.75. The van der Waals surface area contributed by atoms with Crippen LogP contribution in [-0.2, 0) is 4.79 Å². The molecule has 0 atom stereocenters. The van der Waals surface area contributed by atoms with Crippen molar-refractivity contribution in [2.45, 2.75) is 33.1 Å². The molecule has 1 amide bonds. The minimum absolute atomic E-state index is 0.266. The highest BCUT2D eigenvalue weighted by molar-refractivity contribution is 5.76. The van der Waals surface area contributed by atoms with Crippen LogP contribution in [0.2, 0.25) is 0 Å². The summed E-state index contributed by atoms with van der Waals surface area (Å²) in [5.74, 6) is 0.266. The summed E-state index contributed by atoms with van der Waals surface area (Å²) in [6, 6.07) is 0. The second-order valence-electron chi connectivity index (χ2n) is 2.75. The van der Waals surface area contributed by atoms with Gasteiger partial charge in [0, 0.05) is 19.5 Å². The monoisotopic (exact) mass is 169 g/mol. The Hall–Kier alpha value is -0.790. The van der Waals surface area contributed by atoms with Gasteiger partial charge in [-0.15, -0.1) is 6.58 Å². The molecule has 12 heavy (non-hydrogen) atoms. The van der Waals surface area contributed by atoms with Gasteiger partial charge in [-0.1, -0.05) is 6.08 Å². The first-order valence-corrected chi connectivity index (χ1v) is 4.64. The fourth-order valence-electron chi connectivity index (χ4n) is 1.13. The third kappa shape index (κ3) is 4.16. The van der Waals surface area contributed by atoms with E-state index in [1.54, 1.807) is 0 Å². The highest BCUT2D eigenvalue weighted by atomic mass is 16.2. The standard InChI is InChI=1S/C10H19NO/c1-4-7-8-9-10(12)11(5-2)6-3/h4H,1,5-9H2,2-3H3. The first-order valence-electron chi connectivity index (χ1n) is 4.64. The Bertz CT molecular complexity index is 139. The largest absolute Gasteiger partial charge is 0.343 e. The molecule has 0 aromatic heterocycles. The van der Waals surface area contributed by atoms with E-state index in [2.05, 4.69) is 6.58 Å². The van der Waals surface area contributed by atoms with E-state index >= 15 is 0 Å². The number of amides is 1. The summed E-state index contributed by atoms with van der Waals surface area (Å²) < 4.78 is 0. The maximum atomic E-state index is 11.4. The van der Waals surface area contributed by atoms with Crippen LogP contribution >= 0.6 is 0 Å². The number of nitrogens with zero attached hydrogens (tertiary/aromatic N) is 1. The van der Waals surface area contributed by atoms with Gasteiger partial charge in [-0.05, 0) is 26.7 Å². The van der Waals surface area contributed by atoms with Crippen LogP contribution in [0.4, 0.5) is 0 Å². The summed E-state index contributed by atoms with van der Waals surface area (Å²) in [4.78, 5) is 13.2. The summed E-state index contributed by atoms with van der Waals surface area (Å²) in [6.07, 6.45) is 4.38. The van der Waals surface area contributed by atoms with Gasteiger partial charge in [-0.3, -0.25) is 4.79 Å². The fourth-order valence-corrected chi connectivity index (χ4v) is 1.13. The quantitative estimate of drug-likeness (QED) is 0.441. The fraction of sp³-hybridized carbons (Fsp3) is 0.700. The molecule has 2 heteroatoms. The number of hydrogen-bond acceptors (Lipinski definition) is 1. The molecule has 0 aliphatic rings. The van der Waals surface area contributed by atoms with E-state index in [0.29, 0.717) is 6.42 Å². The van der Waals surface area contributed by atoms with E-state index in [4.69, 9.17) is 0 Å². The first-order chi connectivity index (χ1) is 5.76. The molecule has 0 aromatic rings. The van der Waals surface area contributed by atoms with Gasteiger partial charge in [0.15, 0.2) is 0 Å². The van der Waals surface area contributed by atoms with Gasteiger partial charge in [0.2, 0.25) is 5.91 Å². The number of carbonyl (C=O) groups is 1. The molecule has 0 rings (SSSR count). The molecule has 0 spiro atoms. The molecular formula is C10H19NO. The Morgan fingerprint density at radius 1 is 1.42 bits per heavy atom. The zero-order chi connectivity index (χ0) is 9.40. The number of unbranched alkanes of at least 4 members (excludes halogenated alkanes) is 1. The average Bonchev–Trinajstić information content (AvgIpc) is 2.07. The van der Waals surface area contributed by atoms with Gasteiger partial charge in [0.25, 0.3) is 0 Å². The smallest absolute Gasteiger partial charge is 0.222 e. The highest BCUT2D eigenvalue weighted by Crippen LogP contribution is 2.00. The van der Waals surface area contributed by atoms with E-state index in [0.717, 1.165) is 25.9 Å². The maximum Gasteiger partial charge on any atom is 0.222 e. The zero-order valence-corrected chi connectivity index (χ0v) is 8.18. The van der Waals surface area contributed by atoms with E-state index in [-0.39, 0.29) is 5.91 Å². The SMILES string of the molecule is C=CCCCC(=O)N(CC)CC. The normalized spacial score (nSPS) is 9.50. The molecule has 0 saturated carbocycles. The molecule has 0 N–H and O–H groups in total. The lowest BCUT2D eigenvalue weighted by atomic mass is 10.2. The molecule has 0 fully saturated rings. The summed E-state index contributed by atoms with van der Waals surface area (Å²) in [5.41, 5.74) is 0. The predicted molar refractivity (Wildman–Crippen MR) is 52.0 cm³/mol. The van der Waals surface area contributed by atoms with E-state index in [1.807, 2.05) is 24.8 Å². The average molecular weight is 169 g/mol. The number of allylic oxidation sites excluding steroid dienone is 1. The van der Waals surface area contributed by atoms with Crippen LogP contribution in [0.3, 0.4) is 0 Å². The molecule has 0 bridgehead atoms. The van der Waals surface area contributed by atoms with Gasteiger partial charge >= 0.3 is 0 Å². The predicted octanol–water partition coefficient (Wildman–Crippen LogP) is 2.21. The molecule has 0 saturated heterocycles. The Labute approximate surface area is 75.3 Å². The van der Waals surface area contributed by atoms with Crippen LogP contribution in [0, 0.1) is 0 Å². The molecule has 0 heterocycles. The van der Waals surface area contributed by atoms with Crippen molar-refractivity contribution in [3.8, 4) is 0 Å². The van der Waals surface area contributed by atoms with Crippen LogP contribution < -0.4 is 0 Å². The lowest BCUT2D eigenvalue weighted by Gasteiger charge is -2.18. The van der Waals surface area contributed by atoms with Crippen molar-refractivity contribution in [1.29, 1.82) is 0 Å². The summed E-state index contributed by atoms with van der Waals surface area (Å²) >= 11 is 0. The van der Waals surface area contributed by atoms with Gasteiger partial charge < -0.3 is 4.90 Å². The van der Waals surface area contributed by atoms with Crippen LogP contribution in [0.15, 0.2) is 12.7 Å². The van der Waals surface area contributed by atoms with Gasteiger partial charge in [-0.25, -0.2) is 0 Å². The van der Waals surface area contributed by atoms with Crippen LogP contribution in [0.25, 0.3) is 0 Å². The summed E-state index contributed by atoms with van der Waals surface area (Å²) in [5, 5.41) is 0. The van der Waals surface area contributed by atoms with Crippen molar-refractivity contribution in [1.82, 2.24) is 4.90 Å². The van der Waals surface area contributed by atoms with Crippen LogP contribution in [0.5, 0.6) is 0 Å². The zero-order valence-electron chi connectivity index (χ0n) is 8.18. The second kappa shape index (κ2) is 6.89.